The minimum absolute atomic E-state index is 0.0492. The molecule has 5 heterocycles. The summed E-state index contributed by atoms with van der Waals surface area (Å²) >= 11 is 0.974. The Bertz CT molecular complexity index is 1940. The number of carbonyl (C=O) groups excluding carboxylic acids is 1. The molecule has 7 rings (SSSR count). The van der Waals surface area contributed by atoms with Crippen LogP contribution >= 0.6 is 11.3 Å². The average molecular weight is 636 g/mol. The molecule has 5 aromatic rings. The number of likely N-dealkylation sites (N-methyl/N-ethyl adjacent to an activating group) is 1. The van der Waals surface area contributed by atoms with E-state index in [-0.39, 0.29) is 57.0 Å². The number of anilines is 2. The number of aromatic nitrogens is 3. The van der Waals surface area contributed by atoms with Crippen molar-refractivity contribution in [2.24, 2.45) is 0 Å². The summed E-state index contributed by atoms with van der Waals surface area (Å²) in [6, 6.07) is 5.66. The topological polar surface area (TPSA) is 123 Å². The summed E-state index contributed by atoms with van der Waals surface area (Å²) in [5, 5.41) is 3.81. The van der Waals surface area contributed by atoms with E-state index < -0.39 is 17.8 Å². The van der Waals surface area contributed by atoms with Crippen LogP contribution in [0.5, 0.6) is 6.01 Å². The van der Waals surface area contributed by atoms with Gasteiger partial charge in [-0.15, -0.1) is 0 Å². The van der Waals surface area contributed by atoms with Crippen LogP contribution in [0, 0.1) is 11.6 Å². The van der Waals surface area contributed by atoms with Crippen molar-refractivity contribution in [1.29, 1.82) is 0 Å². The molecular formula is C31H28F3N7O3S. The first-order chi connectivity index (χ1) is 21.7. The fourth-order valence-electron chi connectivity index (χ4n) is 5.93. The number of furan rings is 1. The van der Waals surface area contributed by atoms with Gasteiger partial charge in [0.2, 0.25) is 5.91 Å². The molecule has 2 saturated heterocycles. The van der Waals surface area contributed by atoms with Crippen LogP contribution in [0.15, 0.2) is 53.9 Å². The maximum atomic E-state index is 17.0. The number of hydrogen-bond donors (Lipinski definition) is 2. The summed E-state index contributed by atoms with van der Waals surface area (Å²) in [6.45, 7) is 4.72. The third-order valence-corrected chi connectivity index (χ3v) is 9.17. The summed E-state index contributed by atoms with van der Waals surface area (Å²) in [6.07, 6.45) is 3.53. The normalized spacial score (nSPS) is 18.9. The first kappa shape index (κ1) is 29.0. The number of benzene rings is 2. The zero-order chi connectivity index (χ0) is 31.4. The quantitative estimate of drug-likeness (QED) is 0.220. The molecule has 2 aromatic carbocycles. The number of ether oxygens (including phenoxy) is 1. The van der Waals surface area contributed by atoms with Gasteiger partial charge in [-0.05, 0) is 49.4 Å². The molecule has 2 aliphatic rings. The predicted molar refractivity (Wildman–Crippen MR) is 166 cm³/mol. The van der Waals surface area contributed by atoms with Crippen molar-refractivity contribution in [3.63, 3.8) is 0 Å². The number of carbonyl (C=O) groups is 1. The van der Waals surface area contributed by atoms with Crippen LogP contribution in [0.1, 0.15) is 6.42 Å². The number of nitrogen functional groups attached to an aromatic ring is 1. The molecule has 2 fully saturated rings. The maximum absolute atomic E-state index is 17.0. The molecule has 0 saturated carbocycles. The molecule has 0 spiro atoms. The van der Waals surface area contributed by atoms with Crippen molar-refractivity contribution in [3.8, 4) is 28.3 Å². The standard InChI is InChI=1S/C31H28F3N7O3S/c1-3-23(42)41-11-17(12-41)36-29-21-9-20(15-6-7-43-13-15)24(19-4-5-22(33)28-27(19)37-30(35)45-28)25(34)26(21)38-31(39-29)44-14-18-8-16(32)10-40(18)2/h3-7,9,13,16-18H,1,8,10-12,14H2,2H3,(H2,35,37)(H,36,38,39)/t16-,18+/m1/s1. The number of nitrogens with two attached hydrogens (primary N) is 1. The van der Waals surface area contributed by atoms with Gasteiger partial charge < -0.3 is 25.1 Å². The number of rotatable bonds is 8. The zero-order valence-electron chi connectivity index (χ0n) is 24.1. The Hall–Kier alpha value is -4.69. The van der Waals surface area contributed by atoms with Crippen LogP contribution in [0.25, 0.3) is 43.4 Å². The van der Waals surface area contributed by atoms with E-state index in [1.807, 2.05) is 11.9 Å². The lowest BCUT2D eigenvalue weighted by molar-refractivity contribution is -0.129. The number of hydrogen-bond acceptors (Lipinski definition) is 10. The maximum Gasteiger partial charge on any atom is 0.319 e. The van der Waals surface area contributed by atoms with E-state index in [9.17, 15) is 13.6 Å². The van der Waals surface area contributed by atoms with Crippen molar-refractivity contribution in [2.45, 2.75) is 24.7 Å². The third kappa shape index (κ3) is 5.23. The third-order valence-electron chi connectivity index (χ3n) is 8.27. The van der Waals surface area contributed by atoms with Gasteiger partial charge in [0, 0.05) is 47.8 Å². The molecule has 0 aliphatic carbocycles. The summed E-state index contributed by atoms with van der Waals surface area (Å²) in [5.74, 6) is -1.12. The van der Waals surface area contributed by atoms with E-state index in [0.717, 1.165) is 11.3 Å². The van der Waals surface area contributed by atoms with Gasteiger partial charge in [-0.25, -0.2) is 18.2 Å². The molecule has 232 valence electrons. The molecule has 0 unspecified atom stereocenters. The van der Waals surface area contributed by atoms with Gasteiger partial charge in [0.15, 0.2) is 10.9 Å². The number of likely N-dealkylation sites (tertiary alicyclic amines) is 2. The predicted octanol–water partition coefficient (Wildman–Crippen LogP) is 5.26. The highest BCUT2D eigenvalue weighted by molar-refractivity contribution is 7.22. The van der Waals surface area contributed by atoms with Crippen LogP contribution in [0.2, 0.25) is 0 Å². The van der Waals surface area contributed by atoms with Crippen molar-refractivity contribution >= 4 is 49.3 Å². The van der Waals surface area contributed by atoms with Gasteiger partial charge in [0.1, 0.15) is 29.9 Å². The van der Waals surface area contributed by atoms with E-state index in [2.05, 4.69) is 26.8 Å². The highest BCUT2D eigenvalue weighted by Crippen LogP contribution is 2.44. The van der Waals surface area contributed by atoms with E-state index in [4.69, 9.17) is 14.9 Å². The van der Waals surface area contributed by atoms with Crippen LogP contribution in [0.4, 0.5) is 24.1 Å². The molecule has 0 radical (unpaired) electrons. The highest BCUT2D eigenvalue weighted by atomic mass is 32.1. The van der Waals surface area contributed by atoms with Crippen molar-refractivity contribution in [1.82, 2.24) is 24.8 Å². The second kappa shape index (κ2) is 11.3. The molecular weight excluding hydrogens is 607 g/mol. The number of thiazole rings is 1. The van der Waals surface area contributed by atoms with Gasteiger partial charge in [-0.2, -0.15) is 9.97 Å². The van der Waals surface area contributed by atoms with Gasteiger partial charge >= 0.3 is 6.01 Å². The summed E-state index contributed by atoms with van der Waals surface area (Å²) in [4.78, 5) is 28.9. The smallest absolute Gasteiger partial charge is 0.319 e. The monoisotopic (exact) mass is 635 g/mol. The Labute approximate surface area is 259 Å². The SMILES string of the molecule is C=CC(=O)N1CC(Nc2nc(OC[C@@H]3C[C@@H](F)CN3C)nc3c(F)c(-c4ccc(F)c5sc(N)nc45)c(-c4ccoc4)cc23)C1. The molecule has 3 aromatic heterocycles. The molecule has 45 heavy (non-hydrogen) atoms. The minimum Gasteiger partial charge on any atom is -0.472 e. The molecule has 1 amide bonds. The van der Waals surface area contributed by atoms with Gasteiger partial charge in [-0.1, -0.05) is 17.9 Å². The Morgan fingerprint density at radius 2 is 2.02 bits per heavy atom. The summed E-state index contributed by atoms with van der Waals surface area (Å²) in [7, 11) is 1.81. The summed E-state index contributed by atoms with van der Waals surface area (Å²) < 4.78 is 57.3. The number of nitrogens with zero attached hydrogens (tertiary/aromatic N) is 5. The number of amides is 1. The Kier molecular flexibility index (Phi) is 7.32. The lowest BCUT2D eigenvalue weighted by atomic mass is 9.92. The first-order valence-electron chi connectivity index (χ1n) is 14.3. The Morgan fingerprint density at radius 1 is 1.20 bits per heavy atom. The highest BCUT2D eigenvalue weighted by Gasteiger charge is 2.33. The van der Waals surface area contributed by atoms with Crippen molar-refractivity contribution in [2.75, 3.05) is 44.3 Å². The van der Waals surface area contributed by atoms with Gasteiger partial charge in [0.25, 0.3) is 0 Å². The number of fused-ring (bicyclic) bond motifs is 2. The average Bonchev–Trinajstić information content (AvgIpc) is 3.74. The molecule has 2 aliphatic heterocycles. The zero-order valence-corrected chi connectivity index (χ0v) is 24.9. The van der Waals surface area contributed by atoms with Crippen LogP contribution in [-0.2, 0) is 4.79 Å². The van der Waals surface area contributed by atoms with E-state index in [1.54, 1.807) is 17.0 Å². The lowest BCUT2D eigenvalue weighted by Gasteiger charge is -2.39. The first-order valence-corrected chi connectivity index (χ1v) is 15.1. The van der Waals surface area contributed by atoms with Gasteiger partial charge in [-0.3, -0.25) is 9.69 Å². The van der Waals surface area contributed by atoms with Crippen molar-refractivity contribution < 1.29 is 27.1 Å². The number of nitrogens with one attached hydrogen (secondary N) is 1. The molecule has 2 atom stereocenters. The van der Waals surface area contributed by atoms with E-state index >= 15 is 4.39 Å². The molecule has 0 bridgehead atoms. The lowest BCUT2D eigenvalue weighted by Crippen LogP contribution is -2.56. The fourth-order valence-corrected chi connectivity index (χ4v) is 6.70. The van der Waals surface area contributed by atoms with Crippen LogP contribution in [-0.4, -0.2) is 82.2 Å². The van der Waals surface area contributed by atoms with Gasteiger partial charge in [0.05, 0.1) is 28.8 Å². The fraction of sp³-hybridized carbons (Fsp3) is 0.290. The largest absolute Gasteiger partial charge is 0.472 e. The number of alkyl halides is 1. The van der Waals surface area contributed by atoms with Crippen LogP contribution < -0.4 is 15.8 Å². The minimum atomic E-state index is -0.966. The molecule has 3 N–H and O–H groups in total. The van der Waals surface area contributed by atoms with Crippen LogP contribution in [0.3, 0.4) is 0 Å². The van der Waals surface area contributed by atoms with E-state index in [0.29, 0.717) is 53.9 Å². The summed E-state index contributed by atoms with van der Waals surface area (Å²) in [5.41, 5.74) is 7.56. The molecule has 10 nitrogen and oxygen atoms in total. The second-order valence-corrected chi connectivity index (χ2v) is 12.3. The number of halogens is 3. The Balaban J connectivity index is 1.38. The second-order valence-electron chi connectivity index (χ2n) is 11.2. The van der Waals surface area contributed by atoms with E-state index in [1.165, 1.54) is 30.7 Å². The Morgan fingerprint density at radius 3 is 2.73 bits per heavy atom. The molecule has 14 heteroatoms. The van der Waals surface area contributed by atoms with Crippen molar-refractivity contribution in [3.05, 3.63) is 61.1 Å².